The molecule has 1 N–H and O–H groups in total. The van der Waals surface area contributed by atoms with Gasteiger partial charge in [0.15, 0.2) is 5.69 Å². The zero-order valence-corrected chi connectivity index (χ0v) is 17.0. The van der Waals surface area contributed by atoms with E-state index in [4.69, 9.17) is 0 Å². The molecular formula is C16H17BrF3N7O2. The van der Waals surface area contributed by atoms with Crippen LogP contribution < -0.4 is 5.32 Å². The van der Waals surface area contributed by atoms with Gasteiger partial charge in [-0.15, -0.1) is 0 Å². The maximum Gasteiger partial charge on any atom is 0.411 e. The third-order valence-electron chi connectivity index (χ3n) is 3.83. The lowest BCUT2D eigenvalue weighted by molar-refractivity contribution is -0.182. The second-order valence-corrected chi connectivity index (χ2v) is 6.97. The van der Waals surface area contributed by atoms with Gasteiger partial charge in [0.2, 0.25) is 0 Å². The number of carbonyl (C=O) groups is 1. The Morgan fingerprint density at radius 3 is 2.69 bits per heavy atom. The summed E-state index contributed by atoms with van der Waals surface area (Å²) in [4.78, 5) is 12.3. The Morgan fingerprint density at radius 1 is 1.28 bits per heavy atom. The number of anilines is 1. The van der Waals surface area contributed by atoms with Crippen molar-refractivity contribution in [2.45, 2.75) is 33.4 Å². The van der Waals surface area contributed by atoms with Crippen molar-refractivity contribution in [2.75, 3.05) is 11.9 Å². The van der Waals surface area contributed by atoms with E-state index in [2.05, 4.69) is 41.3 Å². The lowest BCUT2D eigenvalue weighted by Crippen LogP contribution is -2.18. The van der Waals surface area contributed by atoms with Gasteiger partial charge in [-0.3, -0.25) is 9.48 Å². The van der Waals surface area contributed by atoms with Crippen molar-refractivity contribution in [1.29, 1.82) is 0 Å². The molecule has 0 saturated heterocycles. The molecule has 0 spiro atoms. The maximum atomic E-state index is 12.3. The fourth-order valence-corrected chi connectivity index (χ4v) is 2.74. The minimum absolute atomic E-state index is 0.173. The molecule has 0 unspecified atom stereocenters. The van der Waals surface area contributed by atoms with Gasteiger partial charge >= 0.3 is 6.18 Å². The topological polar surface area (TPSA) is 91.8 Å². The number of nitrogens with one attached hydrogen (secondary N) is 1. The summed E-state index contributed by atoms with van der Waals surface area (Å²) in [6.07, 6.45) is -0.0991. The number of carbonyl (C=O) groups excluding carboxylic acids is 1. The number of rotatable bonds is 7. The normalized spacial score (nSPS) is 11.8. The molecule has 0 aliphatic rings. The van der Waals surface area contributed by atoms with Crippen molar-refractivity contribution >= 4 is 27.5 Å². The molecule has 3 rings (SSSR count). The Labute approximate surface area is 171 Å². The van der Waals surface area contributed by atoms with Crippen LogP contribution in [0, 0.1) is 13.8 Å². The highest BCUT2D eigenvalue weighted by molar-refractivity contribution is 9.10. The summed E-state index contributed by atoms with van der Waals surface area (Å²) >= 11 is 3.46. The van der Waals surface area contributed by atoms with Gasteiger partial charge in [-0.25, -0.2) is 9.36 Å². The fourth-order valence-electron chi connectivity index (χ4n) is 2.46. The number of halogens is 4. The van der Waals surface area contributed by atoms with E-state index in [9.17, 15) is 18.0 Å². The first-order chi connectivity index (χ1) is 13.6. The summed E-state index contributed by atoms with van der Waals surface area (Å²) in [5, 5.41) is 15.0. The van der Waals surface area contributed by atoms with Crippen LogP contribution in [0.15, 0.2) is 29.1 Å². The van der Waals surface area contributed by atoms with Crippen molar-refractivity contribution < 1.29 is 22.7 Å². The van der Waals surface area contributed by atoms with Crippen LogP contribution in [0.2, 0.25) is 0 Å². The average Bonchev–Trinajstić information content (AvgIpc) is 3.33. The molecule has 0 atom stereocenters. The number of amides is 1. The third kappa shape index (κ3) is 5.44. The summed E-state index contributed by atoms with van der Waals surface area (Å²) in [7, 11) is 0. The zero-order chi connectivity index (χ0) is 21.2. The molecule has 29 heavy (non-hydrogen) atoms. The van der Waals surface area contributed by atoms with Gasteiger partial charge in [-0.2, -0.15) is 28.5 Å². The van der Waals surface area contributed by atoms with Crippen LogP contribution in [0.25, 0.3) is 0 Å². The van der Waals surface area contributed by atoms with E-state index in [0.29, 0.717) is 12.4 Å². The van der Waals surface area contributed by atoms with Crippen LogP contribution in [-0.2, 0) is 18.1 Å². The molecule has 0 aliphatic carbocycles. The number of hydrogen-bond acceptors (Lipinski definition) is 5. The first kappa shape index (κ1) is 21.0. The zero-order valence-electron chi connectivity index (χ0n) is 15.4. The quantitative estimate of drug-likeness (QED) is 0.567. The maximum absolute atomic E-state index is 12.3. The molecule has 0 aliphatic heterocycles. The van der Waals surface area contributed by atoms with Crippen molar-refractivity contribution in [2.24, 2.45) is 0 Å². The van der Waals surface area contributed by atoms with Gasteiger partial charge in [-0.05, 0) is 35.8 Å². The molecule has 3 heterocycles. The summed E-state index contributed by atoms with van der Waals surface area (Å²) in [6.45, 7) is 2.36. The second kappa shape index (κ2) is 8.37. The van der Waals surface area contributed by atoms with Crippen LogP contribution >= 0.6 is 15.9 Å². The first-order valence-corrected chi connectivity index (χ1v) is 9.13. The summed E-state index contributed by atoms with van der Waals surface area (Å²) in [6, 6.07) is 1.55. The highest BCUT2D eigenvalue weighted by Crippen LogP contribution is 2.19. The number of ether oxygens (including phenoxy) is 1. The van der Waals surface area contributed by atoms with Gasteiger partial charge in [0.05, 0.1) is 33.9 Å². The van der Waals surface area contributed by atoms with E-state index >= 15 is 0 Å². The Kier molecular flexibility index (Phi) is 6.07. The predicted octanol–water partition coefficient (Wildman–Crippen LogP) is 2.95. The fraction of sp³-hybridized carbons (Fsp3) is 0.375. The molecule has 1 amide bonds. The number of alkyl halides is 3. The first-order valence-electron chi connectivity index (χ1n) is 8.33. The van der Waals surface area contributed by atoms with Crippen LogP contribution in [0.1, 0.15) is 21.9 Å². The van der Waals surface area contributed by atoms with E-state index in [1.807, 2.05) is 13.8 Å². The van der Waals surface area contributed by atoms with Crippen molar-refractivity contribution in [1.82, 2.24) is 29.3 Å². The highest BCUT2D eigenvalue weighted by atomic mass is 79.9. The molecule has 0 bridgehead atoms. The monoisotopic (exact) mass is 475 g/mol. The van der Waals surface area contributed by atoms with Gasteiger partial charge in [0.25, 0.3) is 5.91 Å². The van der Waals surface area contributed by atoms with Crippen molar-refractivity contribution in [3.63, 3.8) is 0 Å². The highest BCUT2D eigenvalue weighted by Gasteiger charge is 2.27. The van der Waals surface area contributed by atoms with Gasteiger partial charge in [0.1, 0.15) is 20.0 Å². The molecule has 0 aromatic carbocycles. The number of aryl methyl sites for hydroxylation is 1. The summed E-state index contributed by atoms with van der Waals surface area (Å²) < 4.78 is 46.1. The minimum atomic E-state index is -4.41. The number of aromatic nitrogens is 6. The average molecular weight is 476 g/mol. The molecule has 3 aromatic rings. The van der Waals surface area contributed by atoms with Crippen molar-refractivity contribution in [3.8, 4) is 0 Å². The predicted molar refractivity (Wildman–Crippen MR) is 99.2 cm³/mol. The van der Waals surface area contributed by atoms with Gasteiger partial charge < -0.3 is 10.1 Å². The smallest absolute Gasteiger partial charge is 0.350 e. The summed E-state index contributed by atoms with van der Waals surface area (Å²) in [5.41, 5.74) is 2.27. The Morgan fingerprint density at radius 2 is 2.03 bits per heavy atom. The lowest BCUT2D eigenvalue weighted by Gasteiger charge is -2.07. The molecule has 3 aromatic heterocycles. The van der Waals surface area contributed by atoms with E-state index in [0.717, 1.165) is 20.5 Å². The van der Waals surface area contributed by atoms with E-state index in [1.54, 1.807) is 21.6 Å². The van der Waals surface area contributed by atoms with E-state index < -0.39 is 18.7 Å². The molecule has 156 valence electrons. The lowest BCUT2D eigenvalue weighted by atomic mass is 10.4. The Bertz CT molecular complexity index is 1010. The van der Waals surface area contributed by atoms with E-state index in [-0.39, 0.29) is 12.4 Å². The van der Waals surface area contributed by atoms with Gasteiger partial charge in [0, 0.05) is 6.20 Å². The number of nitrogens with zero attached hydrogens (tertiary/aromatic N) is 6. The second-order valence-electron chi connectivity index (χ2n) is 6.18. The van der Waals surface area contributed by atoms with E-state index in [1.165, 1.54) is 12.4 Å². The SMILES string of the molecule is Cc1nn(Cn2ccc(C(=O)Nc3cnn(COCC(F)(F)F)c3)n2)c(C)c1Br. The molecule has 0 radical (unpaired) electrons. The number of hydrogen-bond donors (Lipinski definition) is 1. The summed E-state index contributed by atoms with van der Waals surface area (Å²) in [5.74, 6) is -0.478. The Hall–Kier alpha value is -2.67. The van der Waals surface area contributed by atoms with Gasteiger partial charge in [-0.1, -0.05) is 0 Å². The standard InChI is InChI=1S/C16H17BrF3N7O2/c1-10-14(17)11(2)27(23-10)8-25-4-3-13(24-25)15(28)22-12-5-21-26(6-12)9-29-7-16(18,19)20/h3-6H,7-9H2,1-2H3,(H,22,28). The van der Waals surface area contributed by atoms with Crippen LogP contribution in [0.3, 0.4) is 0 Å². The van der Waals surface area contributed by atoms with Crippen LogP contribution in [0.5, 0.6) is 0 Å². The minimum Gasteiger partial charge on any atom is -0.350 e. The van der Waals surface area contributed by atoms with Crippen molar-refractivity contribution in [3.05, 3.63) is 46.2 Å². The molecular weight excluding hydrogens is 459 g/mol. The molecule has 13 heteroatoms. The molecule has 0 fully saturated rings. The van der Waals surface area contributed by atoms with Crippen LogP contribution in [0.4, 0.5) is 18.9 Å². The largest absolute Gasteiger partial charge is 0.411 e. The Balaban J connectivity index is 1.57. The molecule has 9 nitrogen and oxygen atoms in total. The third-order valence-corrected chi connectivity index (χ3v) is 4.97. The van der Waals surface area contributed by atoms with Crippen LogP contribution in [-0.4, -0.2) is 48.0 Å². The molecule has 0 saturated carbocycles.